The van der Waals surface area contributed by atoms with Gasteiger partial charge in [-0.15, -0.1) is 0 Å². The molecule has 3 N–H and O–H groups in total. The minimum Gasteiger partial charge on any atom is -0.327 e. The molecule has 1 rings (SSSR count). The smallest absolute Gasteiger partial charge is 0.225 e. The highest BCUT2D eigenvalue weighted by atomic mass is 79.9. The summed E-state index contributed by atoms with van der Waals surface area (Å²) in [6.45, 7) is 6.32. The highest BCUT2D eigenvalue weighted by Crippen LogP contribution is 2.26. The molecule has 19 heavy (non-hydrogen) atoms. The molecular formula is C14H20BrClN2O. The summed E-state index contributed by atoms with van der Waals surface area (Å²) in [5.74, 6) is -0.110. The molecular weight excluding hydrogens is 328 g/mol. The first-order valence-electron chi connectivity index (χ1n) is 6.18. The largest absolute Gasteiger partial charge is 0.327 e. The minimum absolute atomic E-state index is 0.110. The molecule has 0 radical (unpaired) electrons. The van der Waals surface area contributed by atoms with E-state index >= 15 is 0 Å². The number of amides is 1. The van der Waals surface area contributed by atoms with Gasteiger partial charge in [-0.05, 0) is 30.0 Å². The molecule has 0 saturated heterocycles. The number of halogens is 2. The highest BCUT2D eigenvalue weighted by Gasteiger charge is 2.18. The van der Waals surface area contributed by atoms with Gasteiger partial charge in [-0.1, -0.05) is 48.3 Å². The van der Waals surface area contributed by atoms with Crippen LogP contribution in [0, 0.1) is 5.41 Å². The Hall–Kier alpha value is -0.580. The number of carbonyl (C=O) groups excluding carboxylic acids is 1. The molecule has 1 amide bonds. The van der Waals surface area contributed by atoms with Crippen molar-refractivity contribution >= 4 is 39.1 Å². The summed E-state index contributed by atoms with van der Waals surface area (Å²) in [5, 5.41) is 3.29. The predicted octanol–water partition coefficient (Wildman–Crippen LogP) is 4.19. The molecule has 0 aromatic heterocycles. The van der Waals surface area contributed by atoms with Crippen LogP contribution in [0.3, 0.4) is 0 Å². The Kier molecular flexibility index (Phi) is 5.83. The van der Waals surface area contributed by atoms with E-state index in [1.54, 1.807) is 12.1 Å². The summed E-state index contributed by atoms with van der Waals surface area (Å²) in [6.07, 6.45) is 1.10. The topological polar surface area (TPSA) is 55.1 Å². The number of rotatable bonds is 4. The molecule has 0 saturated carbocycles. The van der Waals surface area contributed by atoms with Crippen molar-refractivity contribution < 1.29 is 4.79 Å². The van der Waals surface area contributed by atoms with Crippen molar-refractivity contribution in [3.63, 3.8) is 0 Å². The monoisotopic (exact) mass is 346 g/mol. The molecule has 3 nitrogen and oxygen atoms in total. The van der Waals surface area contributed by atoms with Gasteiger partial charge >= 0.3 is 0 Å². The SMILES string of the molecule is CC(C)(C)CC(N)CC(=O)Nc1ccc(Br)cc1Cl. The van der Waals surface area contributed by atoms with Gasteiger partial charge in [-0.2, -0.15) is 0 Å². The average Bonchev–Trinajstić information content (AvgIpc) is 2.19. The lowest BCUT2D eigenvalue weighted by molar-refractivity contribution is -0.116. The number of benzene rings is 1. The highest BCUT2D eigenvalue weighted by molar-refractivity contribution is 9.10. The number of hydrogen-bond acceptors (Lipinski definition) is 2. The van der Waals surface area contributed by atoms with E-state index in [1.807, 2.05) is 6.07 Å². The summed E-state index contributed by atoms with van der Waals surface area (Å²) in [4.78, 5) is 11.9. The van der Waals surface area contributed by atoms with Gasteiger partial charge in [0.1, 0.15) is 0 Å². The van der Waals surface area contributed by atoms with Gasteiger partial charge in [0.05, 0.1) is 10.7 Å². The Morgan fingerprint density at radius 1 is 1.47 bits per heavy atom. The number of carbonyl (C=O) groups is 1. The second-order valence-electron chi connectivity index (χ2n) is 5.90. The van der Waals surface area contributed by atoms with E-state index in [1.165, 1.54) is 0 Å². The average molecular weight is 348 g/mol. The zero-order valence-corrected chi connectivity index (χ0v) is 13.8. The molecule has 1 atom stereocenters. The van der Waals surface area contributed by atoms with E-state index in [0.717, 1.165) is 10.9 Å². The first-order valence-corrected chi connectivity index (χ1v) is 7.35. The van der Waals surface area contributed by atoms with E-state index < -0.39 is 0 Å². The fourth-order valence-electron chi connectivity index (χ4n) is 1.89. The number of nitrogens with one attached hydrogen (secondary N) is 1. The van der Waals surface area contributed by atoms with Crippen LogP contribution in [0.2, 0.25) is 5.02 Å². The quantitative estimate of drug-likeness (QED) is 0.858. The summed E-state index contributed by atoms with van der Waals surface area (Å²) in [6, 6.07) is 5.19. The van der Waals surface area contributed by atoms with Gasteiger partial charge in [0, 0.05) is 16.9 Å². The third-order valence-electron chi connectivity index (χ3n) is 2.53. The Balaban J connectivity index is 2.56. The molecule has 0 aliphatic heterocycles. The molecule has 0 aliphatic rings. The maximum atomic E-state index is 11.9. The Morgan fingerprint density at radius 3 is 2.63 bits per heavy atom. The lowest BCUT2D eigenvalue weighted by Gasteiger charge is -2.22. The van der Waals surface area contributed by atoms with Gasteiger partial charge in [0.15, 0.2) is 0 Å². The minimum atomic E-state index is -0.144. The lowest BCUT2D eigenvalue weighted by atomic mass is 9.87. The predicted molar refractivity (Wildman–Crippen MR) is 84.4 cm³/mol. The van der Waals surface area contributed by atoms with Crippen LogP contribution in [-0.4, -0.2) is 11.9 Å². The van der Waals surface area contributed by atoms with Crippen LogP contribution in [0.5, 0.6) is 0 Å². The van der Waals surface area contributed by atoms with E-state index in [4.69, 9.17) is 17.3 Å². The van der Waals surface area contributed by atoms with Crippen molar-refractivity contribution in [1.29, 1.82) is 0 Å². The van der Waals surface area contributed by atoms with Crippen LogP contribution in [0.25, 0.3) is 0 Å². The molecule has 106 valence electrons. The van der Waals surface area contributed by atoms with E-state index in [2.05, 4.69) is 42.0 Å². The third kappa shape index (κ3) is 6.41. The van der Waals surface area contributed by atoms with Crippen molar-refractivity contribution in [3.05, 3.63) is 27.7 Å². The summed E-state index contributed by atoms with van der Waals surface area (Å²) < 4.78 is 0.875. The van der Waals surface area contributed by atoms with Crippen LogP contribution in [0.15, 0.2) is 22.7 Å². The van der Waals surface area contributed by atoms with Gasteiger partial charge < -0.3 is 11.1 Å². The molecule has 0 heterocycles. The van der Waals surface area contributed by atoms with Crippen molar-refractivity contribution in [1.82, 2.24) is 0 Å². The number of anilines is 1. The van der Waals surface area contributed by atoms with Crippen LogP contribution >= 0.6 is 27.5 Å². The van der Waals surface area contributed by atoms with Crippen molar-refractivity contribution in [2.75, 3.05) is 5.32 Å². The number of hydrogen-bond donors (Lipinski definition) is 2. The summed E-state index contributed by atoms with van der Waals surface area (Å²) in [7, 11) is 0. The van der Waals surface area contributed by atoms with Crippen LogP contribution in [-0.2, 0) is 4.79 Å². The Morgan fingerprint density at radius 2 is 2.11 bits per heavy atom. The lowest BCUT2D eigenvalue weighted by Crippen LogP contribution is -2.31. The molecule has 0 spiro atoms. The molecule has 1 aromatic carbocycles. The van der Waals surface area contributed by atoms with Crippen LogP contribution in [0.1, 0.15) is 33.6 Å². The van der Waals surface area contributed by atoms with Crippen LogP contribution in [0.4, 0.5) is 5.69 Å². The first kappa shape index (κ1) is 16.5. The summed E-state index contributed by atoms with van der Waals surface area (Å²) in [5.41, 5.74) is 6.70. The first-order chi connectivity index (χ1) is 8.67. The Bertz CT molecular complexity index is 457. The van der Waals surface area contributed by atoms with Crippen molar-refractivity contribution in [2.45, 2.75) is 39.7 Å². The van der Waals surface area contributed by atoms with Gasteiger partial charge in [0.2, 0.25) is 5.91 Å². The number of nitrogens with two attached hydrogens (primary N) is 1. The zero-order chi connectivity index (χ0) is 14.6. The van der Waals surface area contributed by atoms with E-state index in [-0.39, 0.29) is 17.4 Å². The fourth-order valence-corrected chi connectivity index (χ4v) is 2.61. The maximum absolute atomic E-state index is 11.9. The second kappa shape index (κ2) is 6.73. The van der Waals surface area contributed by atoms with Crippen molar-refractivity contribution in [3.8, 4) is 0 Å². The Labute approximate surface area is 128 Å². The molecule has 0 bridgehead atoms. The second-order valence-corrected chi connectivity index (χ2v) is 7.22. The van der Waals surface area contributed by atoms with Gasteiger partial charge in [-0.3, -0.25) is 4.79 Å². The molecule has 0 fully saturated rings. The van der Waals surface area contributed by atoms with E-state index in [9.17, 15) is 4.79 Å². The summed E-state index contributed by atoms with van der Waals surface area (Å²) >= 11 is 9.36. The molecule has 0 aliphatic carbocycles. The van der Waals surface area contributed by atoms with Crippen LogP contribution < -0.4 is 11.1 Å². The molecule has 1 aromatic rings. The third-order valence-corrected chi connectivity index (χ3v) is 3.33. The zero-order valence-electron chi connectivity index (χ0n) is 11.5. The maximum Gasteiger partial charge on any atom is 0.225 e. The normalized spacial score (nSPS) is 13.2. The molecule has 5 heteroatoms. The van der Waals surface area contributed by atoms with Gasteiger partial charge in [0.25, 0.3) is 0 Å². The van der Waals surface area contributed by atoms with Gasteiger partial charge in [-0.25, -0.2) is 0 Å². The van der Waals surface area contributed by atoms with E-state index in [0.29, 0.717) is 17.1 Å². The fraction of sp³-hybridized carbons (Fsp3) is 0.500. The standard InChI is InChI=1S/C14H20BrClN2O/c1-14(2,3)8-10(17)7-13(19)18-12-5-4-9(15)6-11(12)16/h4-6,10H,7-8,17H2,1-3H3,(H,18,19). The molecule has 1 unspecified atom stereocenters. The van der Waals surface area contributed by atoms with Crippen molar-refractivity contribution in [2.24, 2.45) is 11.1 Å².